The summed E-state index contributed by atoms with van der Waals surface area (Å²) in [6, 6.07) is 7.05. The molecule has 9 heteroatoms. The number of anilines is 1. The summed E-state index contributed by atoms with van der Waals surface area (Å²) in [6.45, 7) is 5.88. The summed E-state index contributed by atoms with van der Waals surface area (Å²) in [4.78, 5) is 35.5. The van der Waals surface area contributed by atoms with Crippen molar-refractivity contribution in [2.75, 3.05) is 38.8 Å². The Bertz CT molecular complexity index is 657. The molecular weight excluding hydrogens is 366 g/mol. The van der Waals surface area contributed by atoms with Crippen LogP contribution in [0.4, 0.5) is 10.5 Å². The second kappa shape index (κ2) is 11.9. The Kier molecular flexibility index (Phi) is 9.97. The lowest BCUT2D eigenvalue weighted by Gasteiger charge is -2.19. The van der Waals surface area contributed by atoms with E-state index in [4.69, 9.17) is 14.2 Å². The molecule has 0 aromatic heterocycles. The van der Waals surface area contributed by atoms with E-state index >= 15 is 0 Å². The van der Waals surface area contributed by atoms with Gasteiger partial charge in [0.25, 0.3) is 0 Å². The number of rotatable bonds is 10. The van der Waals surface area contributed by atoms with Crippen LogP contribution in [0.15, 0.2) is 24.3 Å². The summed E-state index contributed by atoms with van der Waals surface area (Å²) in [5, 5.41) is 7.82. The van der Waals surface area contributed by atoms with Crippen molar-refractivity contribution in [3.63, 3.8) is 0 Å². The number of methoxy groups -OCH3 is 1. The number of hydrogen-bond donors (Lipinski definition) is 3. The third-order valence-corrected chi connectivity index (χ3v) is 3.22. The van der Waals surface area contributed by atoms with Crippen molar-refractivity contribution >= 4 is 23.6 Å². The number of alkyl carbamates (subject to hydrolysis) is 1. The third kappa shape index (κ3) is 10.5. The van der Waals surface area contributed by atoms with Crippen molar-refractivity contribution in [2.45, 2.75) is 32.9 Å². The molecule has 9 nitrogen and oxygen atoms in total. The average molecular weight is 395 g/mol. The lowest BCUT2D eigenvalue weighted by Crippen LogP contribution is -2.37. The van der Waals surface area contributed by atoms with Gasteiger partial charge in [0.05, 0.1) is 13.2 Å². The molecule has 3 N–H and O–H groups in total. The van der Waals surface area contributed by atoms with Crippen LogP contribution in [0.1, 0.15) is 26.3 Å². The molecule has 0 radical (unpaired) electrons. The lowest BCUT2D eigenvalue weighted by molar-refractivity contribution is -0.126. The van der Waals surface area contributed by atoms with Crippen molar-refractivity contribution in [3.8, 4) is 0 Å². The summed E-state index contributed by atoms with van der Waals surface area (Å²) < 4.78 is 15.1. The number of ether oxygens (including phenoxy) is 3. The second-order valence-electron chi connectivity index (χ2n) is 6.88. The summed E-state index contributed by atoms with van der Waals surface area (Å²) >= 11 is 0. The van der Waals surface area contributed by atoms with Gasteiger partial charge in [-0.3, -0.25) is 9.59 Å². The van der Waals surface area contributed by atoms with Gasteiger partial charge in [0.1, 0.15) is 18.8 Å². The Balaban J connectivity index is 2.47. The maximum atomic E-state index is 12.1. The van der Waals surface area contributed by atoms with Crippen LogP contribution in [0.25, 0.3) is 0 Å². The maximum Gasteiger partial charge on any atom is 0.408 e. The van der Waals surface area contributed by atoms with E-state index in [9.17, 15) is 14.4 Å². The number of nitrogens with one attached hydrogen (secondary N) is 3. The molecule has 0 saturated heterocycles. The smallest absolute Gasteiger partial charge is 0.408 e. The van der Waals surface area contributed by atoms with Crippen LogP contribution in [0.5, 0.6) is 0 Å². The van der Waals surface area contributed by atoms with Crippen LogP contribution in [-0.2, 0) is 30.3 Å². The summed E-state index contributed by atoms with van der Waals surface area (Å²) in [7, 11) is 1.55. The van der Waals surface area contributed by atoms with Crippen molar-refractivity contribution in [1.29, 1.82) is 0 Å². The molecule has 28 heavy (non-hydrogen) atoms. The zero-order valence-corrected chi connectivity index (χ0v) is 16.8. The summed E-state index contributed by atoms with van der Waals surface area (Å²) in [6.07, 6.45) is -0.670. The standard InChI is InChI=1S/C19H29N3O6/c1-19(2,3)28-18(25)21-12-16(23)22-15-8-6-5-7-14(15)11-20-17(24)13-27-10-9-26-4/h5-8H,9-13H2,1-4H3,(H,20,24)(H,21,25)(H,22,23). The predicted molar refractivity (Wildman–Crippen MR) is 104 cm³/mol. The van der Waals surface area contributed by atoms with E-state index in [1.54, 1.807) is 52.1 Å². The van der Waals surface area contributed by atoms with Gasteiger partial charge in [-0.05, 0) is 32.4 Å². The largest absolute Gasteiger partial charge is 0.444 e. The predicted octanol–water partition coefficient (Wildman–Crippen LogP) is 1.43. The molecule has 0 spiro atoms. The quantitative estimate of drug-likeness (QED) is 0.516. The first-order valence-electron chi connectivity index (χ1n) is 8.89. The molecule has 0 aliphatic carbocycles. The first-order valence-corrected chi connectivity index (χ1v) is 8.89. The van der Waals surface area contributed by atoms with Crippen molar-refractivity contribution in [2.24, 2.45) is 0 Å². The van der Waals surface area contributed by atoms with Crippen LogP contribution in [0.3, 0.4) is 0 Å². The van der Waals surface area contributed by atoms with Gasteiger partial charge in [-0.25, -0.2) is 4.79 Å². The molecule has 3 amide bonds. The normalized spacial score (nSPS) is 10.9. The van der Waals surface area contributed by atoms with Crippen molar-refractivity contribution in [1.82, 2.24) is 10.6 Å². The van der Waals surface area contributed by atoms with Gasteiger partial charge in [0, 0.05) is 19.3 Å². The fourth-order valence-corrected chi connectivity index (χ4v) is 2.01. The van der Waals surface area contributed by atoms with E-state index in [0.717, 1.165) is 5.56 Å². The second-order valence-corrected chi connectivity index (χ2v) is 6.88. The molecular formula is C19H29N3O6. The van der Waals surface area contributed by atoms with Crippen molar-refractivity contribution in [3.05, 3.63) is 29.8 Å². The van der Waals surface area contributed by atoms with E-state index in [0.29, 0.717) is 18.9 Å². The minimum Gasteiger partial charge on any atom is -0.444 e. The Morgan fingerprint density at radius 3 is 2.39 bits per heavy atom. The molecule has 0 unspecified atom stereocenters. The number of para-hydroxylation sites is 1. The summed E-state index contributed by atoms with van der Waals surface area (Å²) in [5.74, 6) is -0.684. The molecule has 156 valence electrons. The fourth-order valence-electron chi connectivity index (χ4n) is 2.01. The molecule has 0 bridgehead atoms. The highest BCUT2D eigenvalue weighted by molar-refractivity contribution is 5.94. The molecule has 0 aliphatic heterocycles. The van der Waals surface area contributed by atoms with E-state index in [-0.39, 0.29) is 25.6 Å². The van der Waals surface area contributed by atoms with E-state index in [1.807, 2.05) is 0 Å². The van der Waals surface area contributed by atoms with Crippen LogP contribution in [0.2, 0.25) is 0 Å². The molecule has 1 rings (SSSR count). The maximum absolute atomic E-state index is 12.1. The molecule has 0 atom stereocenters. The van der Waals surface area contributed by atoms with Crippen molar-refractivity contribution < 1.29 is 28.6 Å². The van der Waals surface area contributed by atoms with Crippen LogP contribution in [0, 0.1) is 0 Å². The highest BCUT2D eigenvalue weighted by Gasteiger charge is 2.17. The van der Waals surface area contributed by atoms with Gasteiger partial charge < -0.3 is 30.2 Å². The lowest BCUT2D eigenvalue weighted by atomic mass is 10.1. The zero-order chi connectivity index (χ0) is 21.0. The summed E-state index contributed by atoms with van der Waals surface area (Å²) in [5.41, 5.74) is 0.621. The minimum atomic E-state index is -0.670. The molecule has 1 aromatic rings. The van der Waals surface area contributed by atoms with Crippen LogP contribution >= 0.6 is 0 Å². The number of carbonyl (C=O) groups excluding carboxylic acids is 3. The molecule has 0 saturated carbocycles. The first kappa shape index (κ1) is 23.4. The SMILES string of the molecule is COCCOCC(=O)NCc1ccccc1NC(=O)CNC(=O)OC(C)(C)C. The Morgan fingerprint density at radius 1 is 1.00 bits per heavy atom. The molecule has 0 heterocycles. The van der Waals surface area contributed by atoms with Gasteiger partial charge in [0.15, 0.2) is 0 Å². The molecule has 0 fully saturated rings. The van der Waals surface area contributed by atoms with E-state index in [2.05, 4.69) is 16.0 Å². The Labute approximate surface area is 165 Å². The number of carbonyl (C=O) groups is 3. The highest BCUT2D eigenvalue weighted by atomic mass is 16.6. The molecule has 1 aromatic carbocycles. The van der Waals surface area contributed by atoms with E-state index < -0.39 is 17.6 Å². The number of hydrogen-bond acceptors (Lipinski definition) is 6. The van der Waals surface area contributed by atoms with Crippen LogP contribution < -0.4 is 16.0 Å². The van der Waals surface area contributed by atoms with Crippen LogP contribution in [-0.4, -0.2) is 57.0 Å². The highest BCUT2D eigenvalue weighted by Crippen LogP contribution is 2.14. The zero-order valence-electron chi connectivity index (χ0n) is 16.8. The number of benzene rings is 1. The number of amides is 3. The van der Waals surface area contributed by atoms with Gasteiger partial charge in [-0.15, -0.1) is 0 Å². The third-order valence-electron chi connectivity index (χ3n) is 3.22. The Hall–Kier alpha value is -2.65. The monoisotopic (exact) mass is 395 g/mol. The van der Waals surface area contributed by atoms with E-state index in [1.165, 1.54) is 0 Å². The van der Waals surface area contributed by atoms with Gasteiger partial charge in [-0.1, -0.05) is 18.2 Å². The van der Waals surface area contributed by atoms with Gasteiger partial charge in [-0.2, -0.15) is 0 Å². The topological polar surface area (TPSA) is 115 Å². The Morgan fingerprint density at radius 2 is 1.71 bits per heavy atom. The minimum absolute atomic E-state index is 0.0717. The van der Waals surface area contributed by atoms with Gasteiger partial charge in [0.2, 0.25) is 11.8 Å². The first-order chi connectivity index (χ1) is 13.2. The molecule has 0 aliphatic rings. The van der Waals surface area contributed by atoms with Gasteiger partial charge >= 0.3 is 6.09 Å². The fraction of sp³-hybridized carbons (Fsp3) is 0.526. The average Bonchev–Trinajstić information content (AvgIpc) is 2.61.